The van der Waals surface area contributed by atoms with Crippen molar-refractivity contribution in [1.29, 1.82) is 0 Å². The van der Waals surface area contributed by atoms with Gasteiger partial charge in [0.15, 0.2) is 28.3 Å². The van der Waals surface area contributed by atoms with Crippen LogP contribution in [-0.2, 0) is 33.7 Å². The summed E-state index contributed by atoms with van der Waals surface area (Å²) < 4.78 is 37.5. The largest absolute Gasteiger partial charge is 0.444 e. The van der Waals surface area contributed by atoms with Crippen LogP contribution in [0, 0.1) is 5.92 Å². The van der Waals surface area contributed by atoms with Crippen LogP contribution in [0.3, 0.4) is 0 Å². The molecule has 3 fully saturated rings. The number of hydrogen-bond donors (Lipinski definition) is 1. The van der Waals surface area contributed by atoms with E-state index in [1.165, 1.54) is 17.7 Å². The zero-order valence-corrected chi connectivity index (χ0v) is 24.3. The first-order valence-electron chi connectivity index (χ1n) is 14.0. The Morgan fingerprint density at radius 2 is 1.88 bits per heavy atom. The molecular formula is C29H33N3O7S2. The Bertz CT molecular complexity index is 1480. The maximum absolute atomic E-state index is 14.0. The summed E-state index contributed by atoms with van der Waals surface area (Å²) in [6, 6.07) is 11.4. The highest BCUT2D eigenvalue weighted by molar-refractivity contribution is 7.92. The quantitative estimate of drug-likeness (QED) is 0.380. The third-order valence-corrected chi connectivity index (χ3v) is 12.0. The molecule has 3 aromatic rings. The van der Waals surface area contributed by atoms with E-state index < -0.39 is 26.8 Å². The Hall–Kier alpha value is -3.06. The van der Waals surface area contributed by atoms with Gasteiger partial charge in [0.25, 0.3) is 0 Å². The summed E-state index contributed by atoms with van der Waals surface area (Å²) in [6.07, 6.45) is 6.52. The molecular weight excluding hydrogens is 566 g/mol. The number of aromatic nitrogens is 1. The SMILES string of the molecule is O=C(C[C@]1(c2ccc(-c3ccc(-c4cnco4)cc3)s2)CCN(C(=O)C2CC2)CCS1(=O)=O)NOC1CCCCO1. The number of carbonyl (C=O) groups is 2. The number of ether oxygens (including phenoxy) is 1. The van der Waals surface area contributed by atoms with Crippen molar-refractivity contribution in [1.82, 2.24) is 15.4 Å². The molecule has 2 aromatic heterocycles. The molecule has 2 atom stereocenters. The van der Waals surface area contributed by atoms with E-state index in [4.69, 9.17) is 14.0 Å². The maximum atomic E-state index is 14.0. The summed E-state index contributed by atoms with van der Waals surface area (Å²) in [5, 5.41) is 0. The number of benzene rings is 1. The predicted molar refractivity (Wildman–Crippen MR) is 152 cm³/mol. The second-order valence-corrected chi connectivity index (χ2v) is 14.4. The van der Waals surface area contributed by atoms with E-state index in [2.05, 4.69) is 10.5 Å². The molecule has 41 heavy (non-hydrogen) atoms. The molecule has 1 N–H and O–H groups in total. The van der Waals surface area contributed by atoms with Crippen molar-refractivity contribution in [3.8, 4) is 21.8 Å². The zero-order chi connectivity index (χ0) is 28.5. The highest BCUT2D eigenvalue weighted by atomic mass is 32.2. The molecule has 1 saturated carbocycles. The lowest BCUT2D eigenvalue weighted by Crippen LogP contribution is -2.43. The maximum Gasteiger partial charge on any atom is 0.245 e. The fraction of sp³-hybridized carbons (Fsp3) is 0.483. The average molecular weight is 600 g/mol. The number of amides is 2. The third-order valence-electron chi connectivity index (χ3n) is 8.08. The smallest absolute Gasteiger partial charge is 0.245 e. The monoisotopic (exact) mass is 599 g/mol. The zero-order valence-electron chi connectivity index (χ0n) is 22.6. The van der Waals surface area contributed by atoms with Gasteiger partial charge in [-0.1, -0.05) is 24.3 Å². The predicted octanol–water partition coefficient (Wildman–Crippen LogP) is 4.29. The van der Waals surface area contributed by atoms with E-state index in [-0.39, 0.29) is 43.5 Å². The van der Waals surface area contributed by atoms with Gasteiger partial charge < -0.3 is 14.1 Å². The first-order chi connectivity index (χ1) is 19.8. The first kappa shape index (κ1) is 28.1. The van der Waals surface area contributed by atoms with Gasteiger partial charge in [-0.15, -0.1) is 11.3 Å². The van der Waals surface area contributed by atoms with Crippen molar-refractivity contribution >= 4 is 33.0 Å². The number of carbonyl (C=O) groups excluding carboxylic acids is 2. The fourth-order valence-electron chi connectivity index (χ4n) is 5.51. The van der Waals surface area contributed by atoms with E-state index in [0.29, 0.717) is 23.7 Å². The molecule has 0 radical (unpaired) electrons. The molecule has 2 aliphatic heterocycles. The molecule has 2 amide bonds. The Kier molecular flexibility index (Phi) is 7.99. The molecule has 10 nitrogen and oxygen atoms in total. The highest BCUT2D eigenvalue weighted by Gasteiger charge is 2.50. The molecule has 4 heterocycles. The minimum absolute atomic E-state index is 0.00864. The molecule has 0 spiro atoms. The number of nitrogens with one attached hydrogen (secondary N) is 1. The summed E-state index contributed by atoms with van der Waals surface area (Å²) in [6.45, 7) is 0.962. The van der Waals surface area contributed by atoms with Gasteiger partial charge >= 0.3 is 0 Å². The van der Waals surface area contributed by atoms with Gasteiger partial charge in [-0.2, -0.15) is 0 Å². The Morgan fingerprint density at radius 3 is 2.59 bits per heavy atom. The Morgan fingerprint density at radius 1 is 1.07 bits per heavy atom. The number of rotatable bonds is 8. The molecule has 3 aliphatic rings. The molecule has 1 aromatic carbocycles. The summed E-state index contributed by atoms with van der Waals surface area (Å²) in [5.74, 6) is -0.0764. The van der Waals surface area contributed by atoms with Crippen LogP contribution in [0.4, 0.5) is 0 Å². The van der Waals surface area contributed by atoms with Crippen molar-refractivity contribution in [2.24, 2.45) is 5.92 Å². The molecule has 2 saturated heterocycles. The van der Waals surface area contributed by atoms with Crippen LogP contribution in [0.2, 0.25) is 0 Å². The number of nitrogens with zero attached hydrogens (tertiary/aromatic N) is 2. The van der Waals surface area contributed by atoms with Crippen molar-refractivity contribution in [2.75, 3.05) is 25.4 Å². The van der Waals surface area contributed by atoms with Crippen LogP contribution in [0.25, 0.3) is 21.8 Å². The first-order valence-corrected chi connectivity index (χ1v) is 16.5. The molecule has 6 rings (SSSR count). The van der Waals surface area contributed by atoms with Crippen molar-refractivity contribution in [2.45, 2.75) is 56.0 Å². The van der Waals surface area contributed by atoms with Gasteiger partial charge in [-0.3, -0.25) is 9.59 Å². The number of hydroxylamine groups is 1. The minimum atomic E-state index is -3.84. The summed E-state index contributed by atoms with van der Waals surface area (Å²) >= 11 is 1.36. The van der Waals surface area contributed by atoms with Crippen LogP contribution in [0.1, 0.15) is 49.8 Å². The summed E-state index contributed by atoms with van der Waals surface area (Å²) in [4.78, 5) is 38.7. The molecule has 218 valence electrons. The average Bonchev–Trinajstić information content (AvgIpc) is 3.49. The van der Waals surface area contributed by atoms with Crippen LogP contribution in [0.5, 0.6) is 0 Å². The fourth-order valence-corrected chi connectivity index (χ4v) is 9.11. The van der Waals surface area contributed by atoms with E-state index in [1.807, 2.05) is 30.3 Å². The number of sulfone groups is 1. The van der Waals surface area contributed by atoms with Crippen LogP contribution in [-0.4, -0.2) is 61.9 Å². The van der Waals surface area contributed by atoms with Gasteiger partial charge in [0.2, 0.25) is 11.8 Å². The number of hydrogen-bond acceptors (Lipinski definition) is 9. The van der Waals surface area contributed by atoms with Gasteiger partial charge in [-0.05, 0) is 49.8 Å². The molecule has 0 bridgehead atoms. The van der Waals surface area contributed by atoms with Gasteiger partial charge in [0.1, 0.15) is 4.75 Å². The van der Waals surface area contributed by atoms with E-state index in [9.17, 15) is 18.0 Å². The standard InChI is InChI=1S/C29H33N3O7S2/c33-26(31-39-27-3-1-2-15-37-27)17-29(12-13-32(14-16-41(29,35)36)28(34)22-8-9-22)25-11-10-24(40-25)21-6-4-20(5-7-21)23-18-30-19-38-23/h4-7,10-11,18-19,22,27H,1-3,8-9,12-17H2,(H,31,33)/t27?,29-/m0/s1. The Labute approximate surface area is 242 Å². The van der Waals surface area contributed by atoms with Crippen LogP contribution in [0.15, 0.2) is 53.4 Å². The van der Waals surface area contributed by atoms with Crippen molar-refractivity contribution in [3.63, 3.8) is 0 Å². The molecule has 1 aliphatic carbocycles. The van der Waals surface area contributed by atoms with Crippen molar-refractivity contribution < 1.29 is 32.0 Å². The molecule has 12 heteroatoms. The second-order valence-electron chi connectivity index (χ2n) is 10.9. The lowest BCUT2D eigenvalue weighted by atomic mass is 9.97. The summed E-state index contributed by atoms with van der Waals surface area (Å²) in [7, 11) is -3.84. The lowest BCUT2D eigenvalue weighted by molar-refractivity contribution is -0.200. The number of thiophene rings is 1. The van der Waals surface area contributed by atoms with Gasteiger partial charge in [-0.25, -0.2) is 23.7 Å². The normalized spacial score (nSPS) is 24.5. The third kappa shape index (κ3) is 5.97. The van der Waals surface area contributed by atoms with Gasteiger partial charge in [0, 0.05) is 47.4 Å². The van der Waals surface area contributed by atoms with Crippen molar-refractivity contribution in [3.05, 3.63) is 53.9 Å². The minimum Gasteiger partial charge on any atom is -0.444 e. The number of oxazole rings is 1. The topological polar surface area (TPSA) is 128 Å². The summed E-state index contributed by atoms with van der Waals surface area (Å²) in [5.41, 5.74) is 4.25. The molecule has 1 unspecified atom stereocenters. The van der Waals surface area contributed by atoms with Gasteiger partial charge in [0.05, 0.1) is 18.4 Å². The lowest BCUT2D eigenvalue weighted by Gasteiger charge is -2.31. The van der Waals surface area contributed by atoms with Crippen LogP contribution < -0.4 is 5.48 Å². The highest BCUT2D eigenvalue weighted by Crippen LogP contribution is 2.46. The Balaban J connectivity index is 1.28. The van der Waals surface area contributed by atoms with E-state index in [0.717, 1.165) is 41.7 Å². The van der Waals surface area contributed by atoms with Crippen LogP contribution >= 0.6 is 11.3 Å². The second kappa shape index (κ2) is 11.7. The van der Waals surface area contributed by atoms with E-state index >= 15 is 0 Å². The van der Waals surface area contributed by atoms with E-state index in [1.54, 1.807) is 17.2 Å².